The number of hydrogen-bond acceptors (Lipinski definition) is 3. The third-order valence-electron chi connectivity index (χ3n) is 3.55. The molecule has 0 aliphatic carbocycles. The predicted molar refractivity (Wildman–Crippen MR) is 79.2 cm³/mol. The van der Waals surface area contributed by atoms with E-state index in [4.69, 9.17) is 16.7 Å². The molecule has 1 aromatic carbocycles. The van der Waals surface area contributed by atoms with Crippen LogP contribution in [0.2, 0.25) is 5.02 Å². The van der Waals surface area contributed by atoms with E-state index in [9.17, 15) is 17.6 Å². The smallest absolute Gasteiger partial charge is 0.253 e. The Hall–Kier alpha value is -1.18. The molecule has 0 spiro atoms. The minimum Gasteiger partial charge on any atom is -0.347 e. The lowest BCUT2D eigenvalue weighted by Gasteiger charge is -2.28. The summed E-state index contributed by atoms with van der Waals surface area (Å²) in [5.41, 5.74) is -0.591. The first-order chi connectivity index (χ1) is 9.54. The molecule has 0 saturated carbocycles. The zero-order valence-electron chi connectivity index (χ0n) is 12.0. The van der Waals surface area contributed by atoms with Crippen molar-refractivity contribution < 1.29 is 17.6 Å². The van der Waals surface area contributed by atoms with Crippen molar-refractivity contribution in [3.8, 4) is 0 Å². The average molecular weight is 337 g/mol. The van der Waals surface area contributed by atoms with Crippen LogP contribution >= 0.6 is 11.6 Å². The zero-order chi connectivity index (χ0) is 16.4. The Morgan fingerprint density at radius 1 is 1.38 bits per heavy atom. The van der Waals surface area contributed by atoms with Crippen LogP contribution in [0, 0.1) is 5.82 Å². The Bertz CT molecular complexity index is 658. The van der Waals surface area contributed by atoms with Gasteiger partial charge in [-0.3, -0.25) is 4.79 Å². The molecule has 0 aliphatic heterocycles. The van der Waals surface area contributed by atoms with E-state index in [1.807, 2.05) is 20.8 Å². The molecular formula is C13H18ClFN2O3S. The number of primary sulfonamides is 1. The van der Waals surface area contributed by atoms with Crippen molar-refractivity contribution in [3.63, 3.8) is 0 Å². The first-order valence-electron chi connectivity index (χ1n) is 6.38. The number of halogens is 2. The van der Waals surface area contributed by atoms with Crippen LogP contribution in [0.5, 0.6) is 0 Å². The van der Waals surface area contributed by atoms with Gasteiger partial charge in [0.15, 0.2) is 0 Å². The fraction of sp³-hybridized carbons (Fsp3) is 0.462. The van der Waals surface area contributed by atoms with Crippen molar-refractivity contribution in [1.29, 1.82) is 0 Å². The summed E-state index contributed by atoms with van der Waals surface area (Å²) in [6, 6.07) is 1.62. The van der Waals surface area contributed by atoms with Crippen molar-refractivity contribution in [3.05, 3.63) is 28.5 Å². The van der Waals surface area contributed by atoms with Gasteiger partial charge in [-0.2, -0.15) is 0 Å². The Kier molecular flexibility index (Phi) is 5.35. The minimum absolute atomic E-state index is 0.129. The normalized spacial score (nSPS) is 12.3. The number of hydrogen-bond donors (Lipinski definition) is 2. The molecular weight excluding hydrogens is 319 g/mol. The van der Waals surface area contributed by atoms with Crippen molar-refractivity contribution in [2.45, 2.75) is 44.0 Å². The fourth-order valence-electron chi connectivity index (χ4n) is 1.69. The maximum atomic E-state index is 13.6. The van der Waals surface area contributed by atoms with Gasteiger partial charge in [0.25, 0.3) is 5.91 Å². The number of nitrogens with one attached hydrogen (secondary N) is 1. The largest absolute Gasteiger partial charge is 0.347 e. The Labute approximate surface area is 128 Å². The molecule has 0 unspecified atom stereocenters. The molecule has 118 valence electrons. The summed E-state index contributed by atoms with van der Waals surface area (Å²) in [6.45, 7) is 5.67. The van der Waals surface area contributed by atoms with Gasteiger partial charge in [-0.15, -0.1) is 0 Å². The quantitative estimate of drug-likeness (QED) is 0.865. The number of rotatable bonds is 5. The van der Waals surface area contributed by atoms with Gasteiger partial charge in [0.2, 0.25) is 10.0 Å². The number of sulfonamides is 1. The number of amides is 1. The van der Waals surface area contributed by atoms with Gasteiger partial charge in [0.1, 0.15) is 10.7 Å². The molecule has 1 rings (SSSR count). The summed E-state index contributed by atoms with van der Waals surface area (Å²) < 4.78 is 36.2. The predicted octanol–water partition coefficient (Wildman–Crippen LogP) is 2.43. The summed E-state index contributed by atoms with van der Waals surface area (Å²) in [5.74, 6) is -1.66. The van der Waals surface area contributed by atoms with E-state index >= 15 is 0 Å². The van der Waals surface area contributed by atoms with Crippen LogP contribution in [-0.4, -0.2) is 19.9 Å². The van der Waals surface area contributed by atoms with Gasteiger partial charge in [-0.05, 0) is 31.9 Å². The van der Waals surface area contributed by atoms with Gasteiger partial charge >= 0.3 is 0 Å². The second kappa shape index (κ2) is 6.29. The fourth-order valence-corrected chi connectivity index (χ4v) is 2.54. The van der Waals surface area contributed by atoms with Gasteiger partial charge in [0, 0.05) is 5.54 Å². The Morgan fingerprint density at radius 2 is 1.90 bits per heavy atom. The molecule has 8 heteroatoms. The molecule has 21 heavy (non-hydrogen) atoms. The summed E-state index contributed by atoms with van der Waals surface area (Å²) in [4.78, 5) is 11.5. The summed E-state index contributed by atoms with van der Waals surface area (Å²) >= 11 is 5.83. The van der Waals surface area contributed by atoms with E-state index in [0.717, 1.165) is 12.1 Å². The molecule has 1 aromatic rings. The lowest BCUT2D eigenvalue weighted by molar-refractivity contribution is 0.0901. The van der Waals surface area contributed by atoms with E-state index < -0.39 is 32.2 Å². The first-order valence-corrected chi connectivity index (χ1v) is 8.31. The highest BCUT2D eigenvalue weighted by Crippen LogP contribution is 2.24. The monoisotopic (exact) mass is 336 g/mol. The number of carbonyl (C=O) groups is 1. The third kappa shape index (κ3) is 4.15. The molecule has 0 saturated heterocycles. The van der Waals surface area contributed by atoms with Gasteiger partial charge in [-0.1, -0.05) is 25.4 Å². The molecule has 0 aromatic heterocycles. The summed E-state index contributed by atoms with van der Waals surface area (Å²) in [5, 5.41) is 7.51. The lowest BCUT2D eigenvalue weighted by atomic mass is 9.95. The highest BCUT2D eigenvalue weighted by molar-refractivity contribution is 7.89. The lowest BCUT2D eigenvalue weighted by Crippen LogP contribution is -2.45. The molecule has 5 nitrogen and oxygen atoms in total. The van der Waals surface area contributed by atoms with Crippen LogP contribution in [0.15, 0.2) is 17.0 Å². The molecule has 0 atom stereocenters. The van der Waals surface area contributed by atoms with E-state index in [1.165, 1.54) is 0 Å². The van der Waals surface area contributed by atoms with Crippen molar-refractivity contribution in [2.75, 3.05) is 0 Å². The molecule has 0 heterocycles. The number of nitrogens with two attached hydrogens (primary N) is 1. The summed E-state index contributed by atoms with van der Waals surface area (Å²) in [7, 11) is -4.27. The van der Waals surface area contributed by atoms with Crippen LogP contribution in [0.1, 0.15) is 44.0 Å². The average Bonchev–Trinajstić information content (AvgIpc) is 2.36. The van der Waals surface area contributed by atoms with Crippen LogP contribution in [0.3, 0.4) is 0 Å². The number of benzene rings is 1. The molecule has 0 aliphatic rings. The van der Waals surface area contributed by atoms with Gasteiger partial charge in [-0.25, -0.2) is 17.9 Å². The van der Waals surface area contributed by atoms with Crippen LogP contribution in [0.4, 0.5) is 4.39 Å². The van der Waals surface area contributed by atoms with E-state index in [2.05, 4.69) is 5.32 Å². The third-order valence-corrected chi connectivity index (χ3v) is 4.79. The molecule has 0 fully saturated rings. The molecule has 0 bridgehead atoms. The second-order valence-corrected chi connectivity index (χ2v) is 6.97. The topological polar surface area (TPSA) is 89.3 Å². The SMILES string of the molecule is CCC(C)(CC)NC(=O)c1cc(S(N)(=O)=O)c(F)cc1Cl. The van der Waals surface area contributed by atoms with Crippen molar-refractivity contribution in [2.24, 2.45) is 5.14 Å². The standard InChI is InChI=1S/C13H18ClFN2O3S/c1-4-13(3,5-2)17-12(18)8-6-11(21(16,19)20)10(15)7-9(8)14/h6-7H,4-5H2,1-3H3,(H,17,18)(H2,16,19,20). The van der Waals surface area contributed by atoms with E-state index in [-0.39, 0.29) is 10.6 Å². The van der Waals surface area contributed by atoms with Gasteiger partial charge < -0.3 is 5.32 Å². The van der Waals surface area contributed by atoms with Crippen molar-refractivity contribution >= 4 is 27.5 Å². The molecule has 1 amide bonds. The highest BCUT2D eigenvalue weighted by Gasteiger charge is 2.26. The maximum absolute atomic E-state index is 13.6. The zero-order valence-corrected chi connectivity index (χ0v) is 13.6. The Morgan fingerprint density at radius 3 is 2.33 bits per heavy atom. The second-order valence-electron chi connectivity index (χ2n) is 5.03. The first kappa shape index (κ1) is 17.9. The number of carbonyl (C=O) groups excluding carboxylic acids is 1. The van der Waals surface area contributed by atoms with E-state index in [0.29, 0.717) is 12.8 Å². The van der Waals surface area contributed by atoms with E-state index in [1.54, 1.807) is 0 Å². The van der Waals surface area contributed by atoms with Crippen LogP contribution in [-0.2, 0) is 10.0 Å². The molecule has 3 N–H and O–H groups in total. The highest BCUT2D eigenvalue weighted by atomic mass is 35.5. The van der Waals surface area contributed by atoms with Gasteiger partial charge in [0.05, 0.1) is 10.6 Å². The van der Waals surface area contributed by atoms with Crippen LogP contribution < -0.4 is 10.5 Å². The maximum Gasteiger partial charge on any atom is 0.253 e. The Balaban J connectivity index is 3.28. The molecule has 0 radical (unpaired) electrons. The van der Waals surface area contributed by atoms with Crippen molar-refractivity contribution in [1.82, 2.24) is 5.32 Å². The minimum atomic E-state index is -4.27. The van der Waals surface area contributed by atoms with Crippen LogP contribution in [0.25, 0.3) is 0 Å². The summed E-state index contributed by atoms with van der Waals surface area (Å²) in [6.07, 6.45) is 1.35.